The lowest BCUT2D eigenvalue weighted by Gasteiger charge is -2.33. The van der Waals surface area contributed by atoms with E-state index in [0.717, 1.165) is 6.42 Å². The van der Waals surface area contributed by atoms with Crippen molar-refractivity contribution in [2.45, 2.75) is 20.3 Å². The largest absolute Gasteiger partial charge is 0.349 e. The van der Waals surface area contributed by atoms with Crippen LogP contribution in [0.1, 0.15) is 41.4 Å². The van der Waals surface area contributed by atoms with Gasteiger partial charge in [0.1, 0.15) is 0 Å². The molecular formula is C18H23N5O3. The number of nitrogens with one attached hydrogen (secondary N) is 1. The molecule has 1 aliphatic heterocycles. The van der Waals surface area contributed by atoms with Gasteiger partial charge >= 0.3 is 0 Å². The molecule has 0 spiro atoms. The van der Waals surface area contributed by atoms with Crippen molar-refractivity contribution in [1.29, 1.82) is 0 Å². The van der Waals surface area contributed by atoms with Crippen LogP contribution in [0.15, 0.2) is 24.4 Å². The highest BCUT2D eigenvalue weighted by atomic mass is 16.2. The number of carbonyl (C=O) groups is 3. The number of imidazole rings is 1. The number of pyridine rings is 1. The van der Waals surface area contributed by atoms with Gasteiger partial charge in [0.2, 0.25) is 11.7 Å². The summed E-state index contributed by atoms with van der Waals surface area (Å²) >= 11 is 0. The summed E-state index contributed by atoms with van der Waals surface area (Å²) in [6, 6.07) is 5.39. The summed E-state index contributed by atoms with van der Waals surface area (Å²) in [5.74, 6) is -0.292. The van der Waals surface area contributed by atoms with Crippen LogP contribution in [0.25, 0.3) is 5.52 Å². The molecule has 3 rings (SSSR count). The molecule has 1 N–H and O–H groups in total. The molecule has 3 amide bonds. The Hall–Kier alpha value is -2.90. The topological polar surface area (TPSA) is 87.0 Å². The lowest BCUT2D eigenvalue weighted by Crippen LogP contribution is -2.50. The van der Waals surface area contributed by atoms with Crippen molar-refractivity contribution in [2.24, 2.45) is 0 Å². The van der Waals surface area contributed by atoms with Crippen molar-refractivity contribution in [1.82, 2.24) is 24.5 Å². The van der Waals surface area contributed by atoms with Crippen molar-refractivity contribution in [3.05, 3.63) is 35.9 Å². The van der Waals surface area contributed by atoms with Gasteiger partial charge in [0.25, 0.3) is 11.8 Å². The average Bonchev–Trinajstić information content (AvgIpc) is 3.05. The molecule has 0 atom stereocenters. The first-order chi connectivity index (χ1) is 12.5. The molecule has 26 heavy (non-hydrogen) atoms. The maximum atomic E-state index is 13.0. The fourth-order valence-corrected chi connectivity index (χ4v) is 3.05. The quantitative estimate of drug-likeness (QED) is 0.876. The van der Waals surface area contributed by atoms with Gasteiger partial charge in [-0.3, -0.25) is 18.8 Å². The van der Waals surface area contributed by atoms with E-state index in [0.29, 0.717) is 38.2 Å². The SMILES string of the molecule is CCCNC(=O)c1nc(C(=O)N2CCN(C(C)=O)CC2)c2ccccn12. The van der Waals surface area contributed by atoms with Gasteiger partial charge in [0, 0.05) is 45.8 Å². The van der Waals surface area contributed by atoms with Crippen LogP contribution in [0.2, 0.25) is 0 Å². The van der Waals surface area contributed by atoms with Gasteiger partial charge in [0.05, 0.1) is 5.52 Å². The van der Waals surface area contributed by atoms with Crippen molar-refractivity contribution in [3.8, 4) is 0 Å². The van der Waals surface area contributed by atoms with Gasteiger partial charge in [-0.05, 0) is 18.6 Å². The molecule has 0 bridgehead atoms. The molecule has 3 heterocycles. The third-order valence-corrected chi connectivity index (χ3v) is 4.50. The smallest absolute Gasteiger partial charge is 0.287 e. The molecule has 138 valence electrons. The maximum Gasteiger partial charge on any atom is 0.287 e. The molecule has 1 saturated heterocycles. The first kappa shape index (κ1) is 17.9. The van der Waals surface area contributed by atoms with Gasteiger partial charge in [0.15, 0.2) is 5.69 Å². The molecule has 1 fully saturated rings. The predicted octanol–water partition coefficient (Wildman–Crippen LogP) is 0.778. The molecular weight excluding hydrogens is 334 g/mol. The van der Waals surface area contributed by atoms with E-state index in [1.165, 1.54) is 6.92 Å². The Morgan fingerprint density at radius 3 is 2.46 bits per heavy atom. The molecule has 2 aromatic rings. The average molecular weight is 357 g/mol. The second-order valence-electron chi connectivity index (χ2n) is 6.29. The van der Waals surface area contributed by atoms with E-state index in [2.05, 4.69) is 10.3 Å². The van der Waals surface area contributed by atoms with Crippen molar-refractivity contribution in [2.75, 3.05) is 32.7 Å². The molecule has 0 radical (unpaired) electrons. The summed E-state index contributed by atoms with van der Waals surface area (Å²) in [5.41, 5.74) is 0.872. The van der Waals surface area contributed by atoms with E-state index in [4.69, 9.17) is 0 Å². The van der Waals surface area contributed by atoms with Gasteiger partial charge in [-0.15, -0.1) is 0 Å². The molecule has 0 aliphatic carbocycles. The minimum Gasteiger partial charge on any atom is -0.349 e. The van der Waals surface area contributed by atoms with Crippen LogP contribution in [0, 0.1) is 0 Å². The summed E-state index contributed by atoms with van der Waals surface area (Å²) in [6.45, 7) is 5.99. The maximum absolute atomic E-state index is 13.0. The van der Waals surface area contributed by atoms with Gasteiger partial charge < -0.3 is 15.1 Å². The summed E-state index contributed by atoms with van der Waals surface area (Å²) in [5, 5.41) is 2.80. The molecule has 8 heteroatoms. The number of aromatic nitrogens is 2. The molecule has 0 unspecified atom stereocenters. The van der Waals surface area contributed by atoms with Crippen molar-refractivity contribution < 1.29 is 14.4 Å². The van der Waals surface area contributed by atoms with Crippen LogP contribution in [-0.2, 0) is 4.79 Å². The summed E-state index contributed by atoms with van der Waals surface area (Å²) in [7, 11) is 0. The Morgan fingerprint density at radius 1 is 1.12 bits per heavy atom. The zero-order valence-corrected chi connectivity index (χ0v) is 15.1. The number of rotatable bonds is 4. The van der Waals surface area contributed by atoms with Crippen LogP contribution < -0.4 is 5.32 Å². The van der Waals surface area contributed by atoms with E-state index in [9.17, 15) is 14.4 Å². The second-order valence-corrected chi connectivity index (χ2v) is 6.29. The van der Waals surface area contributed by atoms with Crippen LogP contribution in [0.5, 0.6) is 0 Å². The third-order valence-electron chi connectivity index (χ3n) is 4.50. The van der Waals surface area contributed by atoms with E-state index < -0.39 is 0 Å². The Labute approximate surface area is 151 Å². The van der Waals surface area contributed by atoms with Crippen LogP contribution in [0.3, 0.4) is 0 Å². The highest BCUT2D eigenvalue weighted by Crippen LogP contribution is 2.16. The van der Waals surface area contributed by atoms with E-state index in [-0.39, 0.29) is 29.2 Å². The zero-order valence-electron chi connectivity index (χ0n) is 15.1. The highest BCUT2D eigenvalue weighted by Gasteiger charge is 2.28. The fraction of sp³-hybridized carbons (Fsp3) is 0.444. The van der Waals surface area contributed by atoms with E-state index in [1.807, 2.05) is 13.0 Å². The van der Waals surface area contributed by atoms with Crippen LogP contribution in [0.4, 0.5) is 0 Å². The lowest BCUT2D eigenvalue weighted by molar-refractivity contribution is -0.130. The number of hydrogen-bond acceptors (Lipinski definition) is 4. The van der Waals surface area contributed by atoms with Crippen LogP contribution >= 0.6 is 0 Å². The molecule has 1 aliphatic rings. The zero-order chi connectivity index (χ0) is 18.7. The first-order valence-electron chi connectivity index (χ1n) is 8.83. The van der Waals surface area contributed by atoms with Crippen LogP contribution in [-0.4, -0.2) is 69.6 Å². The fourth-order valence-electron chi connectivity index (χ4n) is 3.05. The summed E-state index contributed by atoms with van der Waals surface area (Å²) < 4.78 is 1.64. The standard InChI is InChI=1S/C18H23N5O3/c1-3-7-19-17(25)16-20-15(14-6-4-5-8-23(14)16)18(26)22-11-9-21(10-12-22)13(2)24/h4-6,8H,3,7,9-12H2,1-2H3,(H,19,25). The molecule has 8 nitrogen and oxygen atoms in total. The van der Waals surface area contributed by atoms with E-state index >= 15 is 0 Å². The van der Waals surface area contributed by atoms with Gasteiger partial charge in [-0.25, -0.2) is 4.98 Å². The Kier molecular flexibility index (Phi) is 5.20. The van der Waals surface area contributed by atoms with E-state index in [1.54, 1.807) is 32.5 Å². The number of piperazine rings is 1. The minimum absolute atomic E-state index is 0.0134. The second kappa shape index (κ2) is 7.55. The monoisotopic (exact) mass is 357 g/mol. The Bertz CT molecular complexity index is 836. The number of fused-ring (bicyclic) bond motifs is 1. The number of amides is 3. The minimum atomic E-state index is -0.298. The third kappa shape index (κ3) is 3.40. The van der Waals surface area contributed by atoms with Gasteiger partial charge in [-0.2, -0.15) is 0 Å². The van der Waals surface area contributed by atoms with Gasteiger partial charge in [-0.1, -0.05) is 13.0 Å². The summed E-state index contributed by atoms with van der Waals surface area (Å²) in [4.78, 5) is 44.5. The Morgan fingerprint density at radius 2 is 1.81 bits per heavy atom. The summed E-state index contributed by atoms with van der Waals surface area (Å²) in [6.07, 6.45) is 2.55. The Balaban J connectivity index is 1.87. The highest BCUT2D eigenvalue weighted by molar-refractivity contribution is 6.02. The molecule has 0 aromatic carbocycles. The number of nitrogens with zero attached hydrogens (tertiary/aromatic N) is 4. The lowest BCUT2D eigenvalue weighted by atomic mass is 10.2. The van der Waals surface area contributed by atoms with Crippen molar-refractivity contribution >= 4 is 23.2 Å². The predicted molar refractivity (Wildman–Crippen MR) is 96.0 cm³/mol. The first-order valence-corrected chi connectivity index (χ1v) is 8.83. The number of hydrogen-bond donors (Lipinski definition) is 1. The number of carbonyl (C=O) groups excluding carboxylic acids is 3. The molecule has 0 saturated carbocycles. The normalized spacial score (nSPS) is 14.5. The van der Waals surface area contributed by atoms with Crippen molar-refractivity contribution in [3.63, 3.8) is 0 Å². The molecule has 2 aromatic heterocycles.